The van der Waals surface area contributed by atoms with Crippen molar-refractivity contribution >= 4 is 11.6 Å². The van der Waals surface area contributed by atoms with Crippen molar-refractivity contribution in [3.05, 3.63) is 29.8 Å². The van der Waals surface area contributed by atoms with Crippen molar-refractivity contribution in [3.63, 3.8) is 0 Å². The van der Waals surface area contributed by atoms with Crippen LogP contribution in [0.15, 0.2) is 24.3 Å². The molecule has 1 amide bonds. The first-order valence-corrected chi connectivity index (χ1v) is 4.83. The minimum absolute atomic E-state index is 0.0328. The molecule has 0 fully saturated rings. The van der Waals surface area contributed by atoms with Crippen LogP contribution < -0.4 is 11.1 Å². The van der Waals surface area contributed by atoms with Gasteiger partial charge in [-0.15, -0.1) is 6.42 Å². The molecule has 1 rings (SSSR count). The summed E-state index contributed by atoms with van der Waals surface area (Å²) in [7, 11) is 0. The number of anilines is 1. The van der Waals surface area contributed by atoms with E-state index in [2.05, 4.69) is 11.2 Å². The predicted octanol–water partition coefficient (Wildman–Crippen LogP) is 1.35. The van der Waals surface area contributed by atoms with Crippen LogP contribution in [0, 0.1) is 12.3 Å². The van der Waals surface area contributed by atoms with Crippen LogP contribution >= 0.6 is 0 Å². The minimum atomic E-state index is -0.0328. The second kappa shape index (κ2) is 5.84. The maximum absolute atomic E-state index is 11.4. The number of carbonyl (C=O) groups is 1. The lowest BCUT2D eigenvalue weighted by atomic mass is 10.2. The third kappa shape index (κ3) is 3.84. The Morgan fingerprint density at radius 1 is 1.53 bits per heavy atom. The van der Waals surface area contributed by atoms with Gasteiger partial charge in [0.2, 0.25) is 5.91 Å². The standard InChI is InChI=1S/C12H14N2O/c1-2-10-5-3-6-11(9-10)14-12(15)7-4-8-13/h1,3,5-6,9H,4,7-8,13H2,(H,14,15). The van der Waals surface area contributed by atoms with Crippen LogP contribution in [0.25, 0.3) is 0 Å². The van der Waals surface area contributed by atoms with Crippen molar-refractivity contribution in [2.24, 2.45) is 5.73 Å². The molecule has 15 heavy (non-hydrogen) atoms. The number of nitrogens with one attached hydrogen (secondary N) is 1. The average molecular weight is 202 g/mol. The van der Waals surface area contributed by atoms with Gasteiger partial charge in [0, 0.05) is 17.7 Å². The Morgan fingerprint density at radius 3 is 3.00 bits per heavy atom. The first kappa shape index (κ1) is 11.3. The van der Waals surface area contributed by atoms with E-state index < -0.39 is 0 Å². The van der Waals surface area contributed by atoms with Gasteiger partial charge < -0.3 is 11.1 Å². The molecule has 0 heterocycles. The van der Waals surface area contributed by atoms with E-state index in [9.17, 15) is 4.79 Å². The number of benzene rings is 1. The third-order valence-electron chi connectivity index (χ3n) is 1.92. The summed E-state index contributed by atoms with van der Waals surface area (Å²) in [6, 6.07) is 7.20. The van der Waals surface area contributed by atoms with Gasteiger partial charge in [-0.2, -0.15) is 0 Å². The molecular formula is C12H14N2O. The van der Waals surface area contributed by atoms with E-state index in [1.54, 1.807) is 12.1 Å². The lowest BCUT2D eigenvalue weighted by Crippen LogP contribution is -2.13. The van der Waals surface area contributed by atoms with Gasteiger partial charge in [-0.3, -0.25) is 4.79 Å². The van der Waals surface area contributed by atoms with Gasteiger partial charge in [-0.1, -0.05) is 12.0 Å². The van der Waals surface area contributed by atoms with Crippen molar-refractivity contribution in [3.8, 4) is 12.3 Å². The SMILES string of the molecule is C#Cc1cccc(NC(=O)CCCN)c1. The molecule has 0 bridgehead atoms. The zero-order valence-electron chi connectivity index (χ0n) is 8.49. The first-order valence-electron chi connectivity index (χ1n) is 4.83. The fourth-order valence-corrected chi connectivity index (χ4v) is 1.17. The fraction of sp³-hybridized carbons (Fsp3) is 0.250. The normalized spacial score (nSPS) is 9.33. The van der Waals surface area contributed by atoms with Crippen molar-refractivity contribution < 1.29 is 4.79 Å². The Bertz CT molecular complexity index is 379. The molecule has 1 aromatic rings. The Hall–Kier alpha value is -1.79. The van der Waals surface area contributed by atoms with E-state index >= 15 is 0 Å². The summed E-state index contributed by atoms with van der Waals surface area (Å²) in [5.41, 5.74) is 6.79. The summed E-state index contributed by atoms with van der Waals surface area (Å²) in [5, 5.41) is 2.76. The minimum Gasteiger partial charge on any atom is -0.330 e. The van der Waals surface area contributed by atoms with Crippen LogP contribution in [-0.4, -0.2) is 12.5 Å². The van der Waals surface area contributed by atoms with Gasteiger partial charge in [-0.25, -0.2) is 0 Å². The second-order valence-electron chi connectivity index (χ2n) is 3.17. The van der Waals surface area contributed by atoms with E-state index in [0.29, 0.717) is 19.4 Å². The number of amides is 1. The molecule has 78 valence electrons. The molecule has 0 unspecified atom stereocenters. The van der Waals surface area contributed by atoms with Crippen LogP contribution in [0.1, 0.15) is 18.4 Å². The number of rotatable bonds is 4. The molecule has 0 spiro atoms. The van der Waals surface area contributed by atoms with Gasteiger partial charge in [0.05, 0.1) is 0 Å². The number of nitrogens with two attached hydrogens (primary N) is 1. The smallest absolute Gasteiger partial charge is 0.224 e. The fourth-order valence-electron chi connectivity index (χ4n) is 1.17. The summed E-state index contributed by atoms with van der Waals surface area (Å²) < 4.78 is 0. The number of terminal acetylenes is 1. The van der Waals surface area contributed by atoms with Gasteiger partial charge in [0.25, 0.3) is 0 Å². The maximum Gasteiger partial charge on any atom is 0.224 e. The Balaban J connectivity index is 2.57. The highest BCUT2D eigenvalue weighted by atomic mass is 16.1. The molecule has 1 aromatic carbocycles. The Kier molecular flexibility index (Phi) is 4.39. The van der Waals surface area contributed by atoms with Crippen molar-refractivity contribution in [1.82, 2.24) is 0 Å². The third-order valence-corrected chi connectivity index (χ3v) is 1.92. The largest absolute Gasteiger partial charge is 0.330 e. The maximum atomic E-state index is 11.4. The molecule has 0 atom stereocenters. The molecule has 0 aliphatic rings. The average Bonchev–Trinajstić information content (AvgIpc) is 2.26. The topological polar surface area (TPSA) is 55.1 Å². The highest BCUT2D eigenvalue weighted by molar-refractivity contribution is 5.90. The van der Waals surface area contributed by atoms with E-state index in [4.69, 9.17) is 12.2 Å². The van der Waals surface area contributed by atoms with Crippen molar-refractivity contribution in [1.29, 1.82) is 0 Å². The zero-order chi connectivity index (χ0) is 11.1. The van der Waals surface area contributed by atoms with E-state index in [-0.39, 0.29) is 5.91 Å². The van der Waals surface area contributed by atoms with E-state index in [1.165, 1.54) is 0 Å². The van der Waals surface area contributed by atoms with Gasteiger partial charge >= 0.3 is 0 Å². The number of hydrogen-bond donors (Lipinski definition) is 2. The molecular weight excluding hydrogens is 188 g/mol. The highest BCUT2D eigenvalue weighted by Crippen LogP contribution is 2.10. The molecule has 0 aliphatic carbocycles. The summed E-state index contributed by atoms with van der Waals surface area (Å²) in [4.78, 5) is 11.4. The molecule has 0 aliphatic heterocycles. The monoisotopic (exact) mass is 202 g/mol. The summed E-state index contributed by atoms with van der Waals surface area (Å²) in [6.07, 6.45) is 6.39. The Morgan fingerprint density at radius 2 is 2.33 bits per heavy atom. The molecule has 0 saturated heterocycles. The summed E-state index contributed by atoms with van der Waals surface area (Å²) in [5.74, 6) is 2.48. The summed E-state index contributed by atoms with van der Waals surface area (Å²) in [6.45, 7) is 0.526. The van der Waals surface area contributed by atoms with E-state index in [1.807, 2.05) is 12.1 Å². The quantitative estimate of drug-likeness (QED) is 0.724. The highest BCUT2D eigenvalue weighted by Gasteiger charge is 2.01. The van der Waals surface area contributed by atoms with Crippen molar-refractivity contribution in [2.45, 2.75) is 12.8 Å². The molecule has 0 radical (unpaired) electrons. The van der Waals surface area contributed by atoms with Crippen LogP contribution in [0.4, 0.5) is 5.69 Å². The molecule has 3 heteroatoms. The zero-order valence-corrected chi connectivity index (χ0v) is 8.49. The predicted molar refractivity (Wildman–Crippen MR) is 61.3 cm³/mol. The van der Waals surface area contributed by atoms with Crippen molar-refractivity contribution in [2.75, 3.05) is 11.9 Å². The molecule has 3 nitrogen and oxygen atoms in total. The van der Waals surface area contributed by atoms with E-state index in [0.717, 1.165) is 11.3 Å². The van der Waals surface area contributed by atoms with Crippen LogP contribution in [0.5, 0.6) is 0 Å². The first-order chi connectivity index (χ1) is 7.26. The number of carbonyl (C=O) groups excluding carboxylic acids is 1. The molecule has 3 N–H and O–H groups in total. The lowest BCUT2D eigenvalue weighted by Gasteiger charge is -2.04. The Labute approximate surface area is 89.7 Å². The lowest BCUT2D eigenvalue weighted by molar-refractivity contribution is -0.116. The molecule has 0 aromatic heterocycles. The van der Waals surface area contributed by atoms with Gasteiger partial charge in [-0.05, 0) is 31.2 Å². The van der Waals surface area contributed by atoms with Crippen LogP contribution in [0.2, 0.25) is 0 Å². The summed E-state index contributed by atoms with van der Waals surface area (Å²) >= 11 is 0. The van der Waals surface area contributed by atoms with Gasteiger partial charge in [0.15, 0.2) is 0 Å². The molecule has 0 saturated carbocycles. The van der Waals surface area contributed by atoms with Crippen LogP contribution in [0.3, 0.4) is 0 Å². The second-order valence-corrected chi connectivity index (χ2v) is 3.17. The van der Waals surface area contributed by atoms with Crippen LogP contribution in [-0.2, 0) is 4.79 Å². The van der Waals surface area contributed by atoms with Gasteiger partial charge in [0.1, 0.15) is 0 Å². The number of hydrogen-bond acceptors (Lipinski definition) is 2.